The van der Waals surface area contributed by atoms with Gasteiger partial charge in [0.25, 0.3) is 0 Å². The molecule has 2 heteroatoms. The van der Waals surface area contributed by atoms with Crippen LogP contribution in [0.15, 0.2) is 42.5 Å². The lowest BCUT2D eigenvalue weighted by Gasteiger charge is -2.30. The molecular weight excluding hydrogens is 258 g/mol. The first kappa shape index (κ1) is 14.0. The minimum absolute atomic E-state index is 0.386. The van der Waals surface area contributed by atoms with E-state index >= 15 is 0 Å². The SMILES string of the molecule is CCCCCC1Nc2ccccc2-c2ccc(OC)cc21. The highest BCUT2D eigenvalue weighted by molar-refractivity contribution is 5.84. The van der Waals surface area contributed by atoms with E-state index < -0.39 is 0 Å². The van der Waals surface area contributed by atoms with Crippen molar-refractivity contribution >= 4 is 5.69 Å². The van der Waals surface area contributed by atoms with E-state index in [9.17, 15) is 0 Å². The Labute approximate surface area is 127 Å². The Balaban J connectivity index is 1.99. The van der Waals surface area contributed by atoms with E-state index in [2.05, 4.69) is 54.7 Å². The number of rotatable bonds is 5. The van der Waals surface area contributed by atoms with Crippen LogP contribution in [0.5, 0.6) is 5.75 Å². The third-order valence-electron chi connectivity index (χ3n) is 4.28. The molecule has 0 radical (unpaired) electrons. The predicted molar refractivity (Wildman–Crippen MR) is 88.9 cm³/mol. The third-order valence-corrected chi connectivity index (χ3v) is 4.28. The molecular formula is C19H23NO. The van der Waals surface area contributed by atoms with Crippen LogP contribution in [-0.4, -0.2) is 7.11 Å². The van der Waals surface area contributed by atoms with Gasteiger partial charge in [-0.3, -0.25) is 0 Å². The van der Waals surface area contributed by atoms with E-state index in [1.165, 1.54) is 48.1 Å². The summed E-state index contributed by atoms with van der Waals surface area (Å²) < 4.78 is 5.41. The van der Waals surface area contributed by atoms with Gasteiger partial charge in [0.15, 0.2) is 0 Å². The van der Waals surface area contributed by atoms with Crippen molar-refractivity contribution in [3.05, 3.63) is 48.0 Å². The lowest BCUT2D eigenvalue weighted by Crippen LogP contribution is -2.17. The number of hydrogen-bond acceptors (Lipinski definition) is 2. The molecule has 2 aromatic carbocycles. The number of unbranched alkanes of at least 4 members (excludes halogenated alkanes) is 2. The molecule has 2 nitrogen and oxygen atoms in total. The summed E-state index contributed by atoms with van der Waals surface area (Å²) >= 11 is 0. The fourth-order valence-electron chi connectivity index (χ4n) is 3.14. The Morgan fingerprint density at radius 2 is 1.90 bits per heavy atom. The Morgan fingerprint density at radius 3 is 2.71 bits per heavy atom. The van der Waals surface area contributed by atoms with Crippen molar-refractivity contribution in [1.29, 1.82) is 0 Å². The van der Waals surface area contributed by atoms with Crippen LogP contribution < -0.4 is 10.1 Å². The molecule has 0 aliphatic carbocycles. The van der Waals surface area contributed by atoms with Gasteiger partial charge in [-0.2, -0.15) is 0 Å². The van der Waals surface area contributed by atoms with Gasteiger partial charge in [0.1, 0.15) is 5.75 Å². The Morgan fingerprint density at radius 1 is 1.05 bits per heavy atom. The summed E-state index contributed by atoms with van der Waals surface area (Å²) in [4.78, 5) is 0. The van der Waals surface area contributed by atoms with Gasteiger partial charge >= 0.3 is 0 Å². The minimum atomic E-state index is 0.386. The zero-order valence-electron chi connectivity index (χ0n) is 12.9. The second kappa shape index (κ2) is 6.21. The summed E-state index contributed by atoms with van der Waals surface area (Å²) in [7, 11) is 1.73. The number of para-hydroxylation sites is 1. The molecule has 0 saturated carbocycles. The molecule has 1 atom stereocenters. The maximum absolute atomic E-state index is 5.41. The normalized spacial score (nSPS) is 15.8. The molecule has 0 saturated heterocycles. The number of nitrogens with one attached hydrogen (secondary N) is 1. The average Bonchev–Trinajstić information content (AvgIpc) is 2.54. The summed E-state index contributed by atoms with van der Waals surface area (Å²) in [6.07, 6.45) is 4.97. The van der Waals surface area contributed by atoms with Gasteiger partial charge in [0, 0.05) is 11.3 Å². The van der Waals surface area contributed by atoms with Gasteiger partial charge in [0.2, 0.25) is 0 Å². The number of fused-ring (bicyclic) bond motifs is 3. The molecule has 1 aliphatic heterocycles. The molecule has 1 unspecified atom stereocenters. The molecule has 2 aromatic rings. The van der Waals surface area contributed by atoms with Crippen LogP contribution in [0.4, 0.5) is 5.69 Å². The first-order chi connectivity index (χ1) is 10.3. The molecule has 0 fully saturated rings. The van der Waals surface area contributed by atoms with E-state index in [1.807, 2.05) is 0 Å². The number of hydrogen-bond donors (Lipinski definition) is 1. The van der Waals surface area contributed by atoms with Gasteiger partial charge in [-0.15, -0.1) is 0 Å². The van der Waals surface area contributed by atoms with Crippen LogP contribution in [0, 0.1) is 0 Å². The van der Waals surface area contributed by atoms with Crippen molar-refractivity contribution in [2.24, 2.45) is 0 Å². The van der Waals surface area contributed by atoms with Crippen molar-refractivity contribution in [2.45, 2.75) is 38.6 Å². The summed E-state index contributed by atoms with van der Waals surface area (Å²) in [6, 6.07) is 15.4. The third kappa shape index (κ3) is 2.76. The maximum Gasteiger partial charge on any atom is 0.119 e. The molecule has 21 heavy (non-hydrogen) atoms. The van der Waals surface area contributed by atoms with Crippen LogP contribution in [0.3, 0.4) is 0 Å². The lowest BCUT2D eigenvalue weighted by molar-refractivity contribution is 0.413. The Kier molecular flexibility index (Phi) is 4.14. The van der Waals surface area contributed by atoms with E-state index in [4.69, 9.17) is 4.74 Å². The Bertz CT molecular complexity index is 621. The zero-order chi connectivity index (χ0) is 14.7. The first-order valence-corrected chi connectivity index (χ1v) is 7.87. The largest absolute Gasteiger partial charge is 0.497 e. The van der Waals surface area contributed by atoms with Crippen molar-refractivity contribution in [2.75, 3.05) is 12.4 Å². The zero-order valence-corrected chi connectivity index (χ0v) is 12.9. The van der Waals surface area contributed by atoms with E-state index in [0.717, 1.165) is 5.75 Å². The minimum Gasteiger partial charge on any atom is -0.497 e. The predicted octanol–water partition coefficient (Wildman–Crippen LogP) is 5.41. The fraction of sp³-hybridized carbons (Fsp3) is 0.368. The molecule has 1 aliphatic rings. The fourth-order valence-corrected chi connectivity index (χ4v) is 3.14. The highest BCUT2D eigenvalue weighted by atomic mass is 16.5. The van der Waals surface area contributed by atoms with Crippen molar-refractivity contribution in [3.8, 4) is 16.9 Å². The van der Waals surface area contributed by atoms with Crippen LogP contribution >= 0.6 is 0 Å². The molecule has 0 amide bonds. The number of anilines is 1. The smallest absolute Gasteiger partial charge is 0.119 e. The highest BCUT2D eigenvalue weighted by Gasteiger charge is 2.23. The topological polar surface area (TPSA) is 21.3 Å². The van der Waals surface area contributed by atoms with E-state index in [1.54, 1.807) is 7.11 Å². The quantitative estimate of drug-likeness (QED) is 0.740. The van der Waals surface area contributed by atoms with E-state index in [0.29, 0.717) is 6.04 Å². The first-order valence-electron chi connectivity index (χ1n) is 7.87. The van der Waals surface area contributed by atoms with Gasteiger partial charge in [-0.25, -0.2) is 0 Å². The summed E-state index contributed by atoms with van der Waals surface area (Å²) in [5.74, 6) is 0.940. The lowest BCUT2D eigenvalue weighted by atomic mass is 9.87. The summed E-state index contributed by atoms with van der Waals surface area (Å²) in [5, 5.41) is 3.71. The highest BCUT2D eigenvalue weighted by Crippen LogP contribution is 2.43. The second-order valence-electron chi connectivity index (χ2n) is 5.69. The maximum atomic E-state index is 5.41. The summed E-state index contributed by atoms with van der Waals surface area (Å²) in [5.41, 5.74) is 5.24. The number of benzene rings is 2. The van der Waals surface area contributed by atoms with Gasteiger partial charge in [-0.05, 0) is 35.7 Å². The van der Waals surface area contributed by atoms with Gasteiger partial charge in [0.05, 0.1) is 13.2 Å². The van der Waals surface area contributed by atoms with Crippen molar-refractivity contribution < 1.29 is 4.74 Å². The molecule has 0 aromatic heterocycles. The van der Waals surface area contributed by atoms with Crippen LogP contribution in [0.25, 0.3) is 11.1 Å². The van der Waals surface area contributed by atoms with Crippen LogP contribution in [-0.2, 0) is 0 Å². The average molecular weight is 281 g/mol. The van der Waals surface area contributed by atoms with Crippen molar-refractivity contribution in [1.82, 2.24) is 0 Å². The number of ether oxygens (including phenoxy) is 1. The molecule has 3 rings (SSSR count). The van der Waals surface area contributed by atoms with E-state index in [-0.39, 0.29) is 0 Å². The summed E-state index contributed by atoms with van der Waals surface area (Å²) in [6.45, 7) is 2.25. The molecule has 110 valence electrons. The molecule has 1 N–H and O–H groups in total. The molecule has 0 spiro atoms. The number of methoxy groups -OCH3 is 1. The second-order valence-corrected chi connectivity index (χ2v) is 5.69. The monoisotopic (exact) mass is 281 g/mol. The molecule has 0 bridgehead atoms. The van der Waals surface area contributed by atoms with Crippen LogP contribution in [0.2, 0.25) is 0 Å². The van der Waals surface area contributed by atoms with Crippen LogP contribution in [0.1, 0.15) is 44.2 Å². The van der Waals surface area contributed by atoms with Crippen molar-refractivity contribution in [3.63, 3.8) is 0 Å². The van der Waals surface area contributed by atoms with Gasteiger partial charge < -0.3 is 10.1 Å². The molecule has 1 heterocycles. The van der Waals surface area contributed by atoms with Gasteiger partial charge in [-0.1, -0.05) is 50.5 Å². The standard InChI is InChI=1S/C19H23NO/c1-3-4-5-9-19-17-13-14(21-2)11-12-15(17)16-8-6-7-10-18(16)20-19/h6-8,10-13,19-20H,3-5,9H2,1-2H3. The Hall–Kier alpha value is -1.96.